The van der Waals surface area contributed by atoms with Gasteiger partial charge < -0.3 is 10.2 Å². The van der Waals surface area contributed by atoms with Crippen molar-refractivity contribution >= 4 is 23.4 Å². The van der Waals surface area contributed by atoms with Crippen LogP contribution in [0.25, 0.3) is 5.69 Å². The molecule has 1 atom stereocenters. The van der Waals surface area contributed by atoms with Crippen molar-refractivity contribution in [1.29, 1.82) is 0 Å². The summed E-state index contributed by atoms with van der Waals surface area (Å²) in [5.74, 6) is -0.432. The number of likely N-dealkylation sites (tertiary alicyclic amines) is 1. The van der Waals surface area contributed by atoms with E-state index in [2.05, 4.69) is 10.4 Å². The van der Waals surface area contributed by atoms with Gasteiger partial charge >= 0.3 is 0 Å². The van der Waals surface area contributed by atoms with Crippen LogP contribution in [0.4, 0.5) is 0 Å². The van der Waals surface area contributed by atoms with Crippen LogP contribution >= 0.6 is 11.6 Å². The fraction of sp³-hybridized carbons (Fsp3) is 0.267. The minimum Gasteiger partial charge on any atom is -0.344 e. The molecule has 0 aliphatic carbocycles. The van der Waals surface area contributed by atoms with E-state index in [9.17, 15) is 9.59 Å². The summed E-state index contributed by atoms with van der Waals surface area (Å²) in [6, 6.07) is 8.36. The second-order valence-electron chi connectivity index (χ2n) is 5.17. The predicted molar refractivity (Wildman–Crippen MR) is 82.1 cm³/mol. The van der Waals surface area contributed by atoms with Gasteiger partial charge in [-0.1, -0.05) is 23.7 Å². The van der Waals surface area contributed by atoms with E-state index in [-0.39, 0.29) is 17.5 Å². The lowest BCUT2D eigenvalue weighted by Gasteiger charge is -2.11. The number of hydrogen-bond acceptors (Lipinski definition) is 3. The Labute approximate surface area is 132 Å². The van der Waals surface area contributed by atoms with E-state index in [0.717, 1.165) is 0 Å². The minimum atomic E-state index is -0.469. The van der Waals surface area contributed by atoms with Crippen molar-refractivity contribution in [1.82, 2.24) is 20.0 Å². The molecule has 0 spiro atoms. The first-order chi connectivity index (χ1) is 10.6. The highest BCUT2D eigenvalue weighted by atomic mass is 35.5. The average Bonchev–Trinajstić information content (AvgIpc) is 3.10. The van der Waals surface area contributed by atoms with Crippen LogP contribution in [0.1, 0.15) is 16.9 Å². The molecule has 1 saturated heterocycles. The molecule has 1 aliphatic rings. The molecular formula is C15H15ClN4O2. The van der Waals surface area contributed by atoms with Gasteiger partial charge in [0, 0.05) is 19.8 Å². The number of amides is 2. The van der Waals surface area contributed by atoms with E-state index in [0.29, 0.717) is 23.7 Å². The smallest absolute Gasteiger partial charge is 0.272 e. The lowest BCUT2D eigenvalue weighted by atomic mass is 10.2. The molecule has 3 rings (SSSR count). The molecule has 2 heterocycles. The molecule has 1 aromatic carbocycles. The zero-order chi connectivity index (χ0) is 15.7. The summed E-state index contributed by atoms with van der Waals surface area (Å²) in [4.78, 5) is 25.6. The van der Waals surface area contributed by atoms with E-state index in [4.69, 9.17) is 11.6 Å². The largest absolute Gasteiger partial charge is 0.344 e. The first-order valence-corrected chi connectivity index (χ1v) is 7.30. The van der Waals surface area contributed by atoms with Gasteiger partial charge in [0.05, 0.1) is 10.7 Å². The third-order valence-corrected chi connectivity index (χ3v) is 3.97. The highest BCUT2D eigenvalue weighted by Gasteiger charge is 2.30. The third kappa shape index (κ3) is 2.69. The van der Waals surface area contributed by atoms with Crippen LogP contribution in [0.5, 0.6) is 0 Å². The standard InChI is InChI=1S/C15H15ClN4O2/c1-19-8-6-12(15(19)22)17-14(21)11-7-9-20(18-11)13-5-3-2-4-10(13)16/h2-5,7,9,12H,6,8H2,1H3,(H,17,21). The molecule has 1 aromatic heterocycles. The number of nitrogens with zero attached hydrogens (tertiary/aromatic N) is 3. The number of hydrogen-bond donors (Lipinski definition) is 1. The van der Waals surface area contributed by atoms with E-state index in [1.165, 1.54) is 0 Å². The topological polar surface area (TPSA) is 67.2 Å². The lowest BCUT2D eigenvalue weighted by molar-refractivity contribution is -0.128. The Morgan fingerprint density at radius 1 is 1.36 bits per heavy atom. The van der Waals surface area contributed by atoms with Crippen LogP contribution in [-0.4, -0.2) is 46.1 Å². The molecule has 0 bridgehead atoms. The van der Waals surface area contributed by atoms with Crippen LogP contribution in [0.2, 0.25) is 5.02 Å². The molecule has 1 N–H and O–H groups in total. The predicted octanol–water partition coefficient (Wildman–Crippen LogP) is 1.49. The number of carbonyl (C=O) groups excluding carboxylic acids is 2. The average molecular weight is 319 g/mol. The van der Waals surface area contributed by atoms with Gasteiger partial charge in [0.2, 0.25) is 5.91 Å². The highest BCUT2D eigenvalue weighted by Crippen LogP contribution is 2.19. The molecule has 1 aliphatic heterocycles. The fourth-order valence-corrected chi connectivity index (χ4v) is 2.63. The maximum atomic E-state index is 12.2. The Morgan fingerprint density at radius 3 is 2.82 bits per heavy atom. The summed E-state index contributed by atoms with van der Waals surface area (Å²) in [6.45, 7) is 0.651. The summed E-state index contributed by atoms with van der Waals surface area (Å²) in [5.41, 5.74) is 0.946. The Morgan fingerprint density at radius 2 is 2.14 bits per heavy atom. The van der Waals surface area contributed by atoms with Crippen LogP contribution in [-0.2, 0) is 4.79 Å². The number of carbonyl (C=O) groups is 2. The fourth-order valence-electron chi connectivity index (χ4n) is 2.41. The Bertz CT molecular complexity index is 728. The molecule has 0 saturated carbocycles. The number of likely N-dealkylation sites (N-methyl/N-ethyl adjacent to an activating group) is 1. The minimum absolute atomic E-state index is 0.0705. The van der Waals surface area contributed by atoms with E-state index in [1.54, 1.807) is 35.0 Å². The van der Waals surface area contributed by atoms with Gasteiger partial charge in [-0.25, -0.2) is 4.68 Å². The molecule has 2 aromatic rings. The Kier molecular flexibility index (Phi) is 3.85. The van der Waals surface area contributed by atoms with Crippen molar-refractivity contribution in [2.75, 3.05) is 13.6 Å². The number of para-hydroxylation sites is 1. The van der Waals surface area contributed by atoms with Crippen LogP contribution < -0.4 is 5.32 Å². The molecule has 1 unspecified atom stereocenters. The van der Waals surface area contributed by atoms with E-state index < -0.39 is 6.04 Å². The zero-order valence-electron chi connectivity index (χ0n) is 12.0. The van der Waals surface area contributed by atoms with Gasteiger partial charge in [-0.2, -0.15) is 5.10 Å². The summed E-state index contributed by atoms with van der Waals surface area (Å²) in [6.07, 6.45) is 2.28. The normalized spacial score (nSPS) is 17.8. The van der Waals surface area contributed by atoms with Gasteiger partial charge in [-0.15, -0.1) is 0 Å². The van der Waals surface area contributed by atoms with Crippen molar-refractivity contribution in [2.45, 2.75) is 12.5 Å². The molecule has 114 valence electrons. The molecule has 2 amide bonds. The van der Waals surface area contributed by atoms with E-state index >= 15 is 0 Å². The SMILES string of the molecule is CN1CCC(NC(=O)c2ccn(-c3ccccc3Cl)n2)C1=O. The number of benzene rings is 1. The summed E-state index contributed by atoms with van der Waals surface area (Å²) in [7, 11) is 1.72. The lowest BCUT2D eigenvalue weighted by Crippen LogP contribution is -2.40. The van der Waals surface area contributed by atoms with Gasteiger partial charge in [0.15, 0.2) is 5.69 Å². The van der Waals surface area contributed by atoms with Gasteiger partial charge in [-0.3, -0.25) is 9.59 Å². The van der Waals surface area contributed by atoms with Crippen molar-refractivity contribution < 1.29 is 9.59 Å². The summed E-state index contributed by atoms with van der Waals surface area (Å²) < 4.78 is 1.54. The van der Waals surface area contributed by atoms with Gasteiger partial charge in [0.25, 0.3) is 5.91 Å². The monoisotopic (exact) mass is 318 g/mol. The summed E-state index contributed by atoms with van der Waals surface area (Å²) >= 11 is 6.11. The molecule has 22 heavy (non-hydrogen) atoms. The van der Waals surface area contributed by atoms with Crippen molar-refractivity contribution in [3.63, 3.8) is 0 Å². The number of nitrogens with one attached hydrogen (secondary N) is 1. The molecule has 0 radical (unpaired) electrons. The molecule has 6 nitrogen and oxygen atoms in total. The van der Waals surface area contributed by atoms with Gasteiger partial charge in [-0.05, 0) is 24.6 Å². The second-order valence-corrected chi connectivity index (χ2v) is 5.58. The first kappa shape index (κ1) is 14.6. The van der Waals surface area contributed by atoms with Crippen molar-refractivity contribution in [3.05, 3.63) is 47.2 Å². The summed E-state index contributed by atoms with van der Waals surface area (Å²) in [5, 5.41) is 7.48. The van der Waals surface area contributed by atoms with Crippen LogP contribution in [0.3, 0.4) is 0 Å². The zero-order valence-corrected chi connectivity index (χ0v) is 12.7. The second kappa shape index (κ2) is 5.81. The van der Waals surface area contributed by atoms with Crippen molar-refractivity contribution in [3.8, 4) is 5.69 Å². The van der Waals surface area contributed by atoms with Gasteiger partial charge in [0.1, 0.15) is 6.04 Å². The Hall–Kier alpha value is -2.34. The number of aromatic nitrogens is 2. The van der Waals surface area contributed by atoms with Crippen LogP contribution in [0, 0.1) is 0 Å². The van der Waals surface area contributed by atoms with Crippen LogP contribution in [0.15, 0.2) is 36.5 Å². The number of rotatable bonds is 3. The first-order valence-electron chi connectivity index (χ1n) is 6.92. The molecule has 7 heteroatoms. The maximum Gasteiger partial charge on any atom is 0.272 e. The Balaban J connectivity index is 1.75. The highest BCUT2D eigenvalue weighted by molar-refractivity contribution is 6.32. The molecule has 1 fully saturated rings. The third-order valence-electron chi connectivity index (χ3n) is 3.65. The molecular weight excluding hydrogens is 304 g/mol. The maximum absolute atomic E-state index is 12.2. The quantitative estimate of drug-likeness (QED) is 0.932. The van der Waals surface area contributed by atoms with E-state index in [1.807, 2.05) is 18.2 Å². The van der Waals surface area contributed by atoms with Crippen molar-refractivity contribution in [2.24, 2.45) is 0 Å². The number of halogens is 1.